The lowest BCUT2D eigenvalue weighted by molar-refractivity contribution is -0.152. The molecule has 4 aliphatic rings. The summed E-state index contributed by atoms with van der Waals surface area (Å²) >= 11 is 1.68. The number of aliphatic hydroxyl groups is 2. The molecule has 0 amide bonds. The van der Waals surface area contributed by atoms with Crippen molar-refractivity contribution in [3.63, 3.8) is 0 Å². The van der Waals surface area contributed by atoms with E-state index in [1.165, 1.54) is 37.8 Å². The summed E-state index contributed by atoms with van der Waals surface area (Å²) in [6.07, 6.45) is 9.96. The fourth-order valence-corrected chi connectivity index (χ4v) is 9.52. The van der Waals surface area contributed by atoms with Gasteiger partial charge in [0.25, 0.3) is 0 Å². The predicted octanol–water partition coefficient (Wildman–Crippen LogP) is 6.05. The van der Waals surface area contributed by atoms with Gasteiger partial charge in [-0.05, 0) is 111 Å². The highest BCUT2D eigenvalue weighted by Gasteiger charge is 2.64. The number of hydrogen-bond acceptors (Lipinski definition) is 3. The van der Waals surface area contributed by atoms with Crippen molar-refractivity contribution in [1.29, 1.82) is 0 Å². The molecule has 4 saturated carbocycles. The second-order valence-electron chi connectivity index (χ2n) is 11.4. The van der Waals surface area contributed by atoms with E-state index in [9.17, 15) is 14.6 Å². The van der Waals surface area contributed by atoms with Gasteiger partial charge in [0, 0.05) is 16.1 Å². The van der Waals surface area contributed by atoms with Gasteiger partial charge in [0.05, 0.1) is 11.7 Å². The Labute approximate surface area is 185 Å². The van der Waals surface area contributed by atoms with Gasteiger partial charge < -0.3 is 10.2 Å². The number of thioether (sulfide) groups is 1. The Hall–Kier alpha value is -0.580. The highest BCUT2D eigenvalue weighted by molar-refractivity contribution is 7.99. The zero-order chi connectivity index (χ0) is 21.1. The zero-order valence-electron chi connectivity index (χ0n) is 18.4. The van der Waals surface area contributed by atoms with Crippen LogP contribution in [0.15, 0.2) is 29.2 Å². The van der Waals surface area contributed by atoms with Gasteiger partial charge in [-0.25, -0.2) is 4.39 Å². The minimum Gasteiger partial charge on any atom is -0.393 e. The fourth-order valence-electron chi connectivity index (χ4n) is 8.32. The van der Waals surface area contributed by atoms with Crippen molar-refractivity contribution in [2.75, 3.05) is 5.75 Å². The van der Waals surface area contributed by atoms with Crippen LogP contribution >= 0.6 is 11.8 Å². The molecule has 0 unspecified atom stereocenters. The monoisotopic (exact) mass is 432 g/mol. The van der Waals surface area contributed by atoms with Crippen molar-refractivity contribution in [3.05, 3.63) is 30.1 Å². The molecule has 0 spiro atoms. The van der Waals surface area contributed by atoms with Gasteiger partial charge in [0.2, 0.25) is 0 Å². The molecule has 8 atom stereocenters. The average molecular weight is 433 g/mol. The molecule has 166 valence electrons. The van der Waals surface area contributed by atoms with E-state index in [0.29, 0.717) is 23.0 Å². The minimum absolute atomic E-state index is 0.0153. The van der Waals surface area contributed by atoms with Gasteiger partial charge in [-0.1, -0.05) is 13.8 Å². The third-order valence-electron chi connectivity index (χ3n) is 10.3. The van der Waals surface area contributed by atoms with Crippen molar-refractivity contribution in [2.45, 2.75) is 88.2 Å². The maximum absolute atomic E-state index is 13.2. The molecular formula is C26H37FO2S. The molecule has 5 rings (SSSR count). The van der Waals surface area contributed by atoms with Gasteiger partial charge >= 0.3 is 0 Å². The van der Waals surface area contributed by atoms with E-state index in [0.717, 1.165) is 48.8 Å². The summed E-state index contributed by atoms with van der Waals surface area (Å²) in [5.41, 5.74) is -0.270. The van der Waals surface area contributed by atoms with E-state index in [4.69, 9.17) is 0 Å². The van der Waals surface area contributed by atoms with Crippen LogP contribution < -0.4 is 0 Å². The Morgan fingerprint density at radius 1 is 0.967 bits per heavy atom. The van der Waals surface area contributed by atoms with E-state index in [-0.39, 0.29) is 17.3 Å². The van der Waals surface area contributed by atoms with Crippen molar-refractivity contribution < 1.29 is 14.6 Å². The maximum Gasteiger partial charge on any atom is 0.123 e. The molecule has 0 bridgehead atoms. The molecule has 0 heterocycles. The van der Waals surface area contributed by atoms with Crippen LogP contribution in [-0.4, -0.2) is 27.7 Å². The summed E-state index contributed by atoms with van der Waals surface area (Å²) in [4.78, 5) is 1.04. The molecule has 1 aromatic rings. The molecule has 2 nitrogen and oxygen atoms in total. The Bertz CT molecular complexity index is 784. The molecule has 30 heavy (non-hydrogen) atoms. The molecule has 4 heteroatoms. The molecule has 1 aromatic carbocycles. The number of rotatable bonds is 3. The normalized spacial score (nSPS) is 48.0. The number of halogens is 1. The second-order valence-corrected chi connectivity index (χ2v) is 12.4. The van der Waals surface area contributed by atoms with E-state index >= 15 is 0 Å². The fraction of sp³-hybridized carbons (Fsp3) is 0.769. The zero-order valence-corrected chi connectivity index (χ0v) is 19.3. The highest BCUT2D eigenvalue weighted by Crippen LogP contribution is 2.68. The van der Waals surface area contributed by atoms with Gasteiger partial charge in [-0.2, -0.15) is 0 Å². The SMILES string of the molecule is C[C@]12CC[C@@H](O)C[C@H]1CC[C@@H]1[C@@H]2CC[C@@]2(C)[C@H]1CC[C@@]2(O)CSc1ccc(F)cc1. The molecule has 2 N–H and O–H groups in total. The highest BCUT2D eigenvalue weighted by atomic mass is 32.2. The quantitative estimate of drug-likeness (QED) is 0.571. The van der Waals surface area contributed by atoms with Crippen LogP contribution in [0.2, 0.25) is 0 Å². The first-order valence-corrected chi connectivity index (χ1v) is 13.0. The number of benzene rings is 1. The summed E-state index contributed by atoms with van der Waals surface area (Å²) in [6, 6.07) is 6.68. The Morgan fingerprint density at radius 2 is 1.70 bits per heavy atom. The van der Waals surface area contributed by atoms with Crippen molar-refractivity contribution in [3.8, 4) is 0 Å². The van der Waals surface area contributed by atoms with E-state index < -0.39 is 5.60 Å². The van der Waals surface area contributed by atoms with Crippen LogP contribution in [0.4, 0.5) is 4.39 Å². The van der Waals surface area contributed by atoms with Crippen LogP contribution in [0, 0.1) is 40.3 Å². The third kappa shape index (κ3) is 3.19. The first-order chi connectivity index (χ1) is 14.3. The summed E-state index contributed by atoms with van der Waals surface area (Å²) in [5.74, 6) is 3.28. The lowest BCUT2D eigenvalue weighted by Crippen LogP contribution is -2.57. The first-order valence-electron chi connectivity index (χ1n) is 12.0. The summed E-state index contributed by atoms with van der Waals surface area (Å²) in [6.45, 7) is 4.89. The van der Waals surface area contributed by atoms with E-state index in [2.05, 4.69) is 13.8 Å². The predicted molar refractivity (Wildman–Crippen MR) is 120 cm³/mol. The van der Waals surface area contributed by atoms with Crippen LogP contribution in [0.3, 0.4) is 0 Å². The van der Waals surface area contributed by atoms with Crippen LogP contribution in [0.1, 0.15) is 71.6 Å². The maximum atomic E-state index is 13.2. The standard InChI is InChI=1S/C26H37FO2S/c1-24-12-9-19(28)15-17(24)3-8-21-22(24)10-13-25(2)23(21)11-14-26(25,29)16-30-20-6-4-18(27)5-7-20/h4-7,17,19,21-23,28-29H,3,8-16H2,1-2H3/t17-,19-,21-,22+,23+,24+,25+,26-/m1/s1. The Morgan fingerprint density at radius 3 is 2.47 bits per heavy atom. The topological polar surface area (TPSA) is 40.5 Å². The summed E-state index contributed by atoms with van der Waals surface area (Å²) < 4.78 is 13.2. The number of aliphatic hydroxyl groups excluding tert-OH is 1. The lowest BCUT2D eigenvalue weighted by atomic mass is 9.44. The van der Waals surface area contributed by atoms with Gasteiger partial charge in [-0.15, -0.1) is 11.8 Å². The molecule has 0 aliphatic heterocycles. The molecule has 0 aromatic heterocycles. The number of fused-ring (bicyclic) bond motifs is 5. The molecule has 0 radical (unpaired) electrons. The average Bonchev–Trinajstić information content (AvgIpc) is 2.99. The van der Waals surface area contributed by atoms with Crippen LogP contribution in [0.25, 0.3) is 0 Å². The Balaban J connectivity index is 1.34. The van der Waals surface area contributed by atoms with Gasteiger partial charge in [0.15, 0.2) is 0 Å². The van der Waals surface area contributed by atoms with Crippen LogP contribution in [0.5, 0.6) is 0 Å². The first kappa shape index (κ1) is 21.3. The smallest absolute Gasteiger partial charge is 0.123 e. The van der Waals surface area contributed by atoms with Crippen molar-refractivity contribution in [2.24, 2.45) is 34.5 Å². The largest absolute Gasteiger partial charge is 0.393 e. The summed E-state index contributed by atoms with van der Waals surface area (Å²) in [7, 11) is 0. The van der Waals surface area contributed by atoms with Crippen molar-refractivity contribution in [1.82, 2.24) is 0 Å². The molecule has 4 aliphatic carbocycles. The van der Waals surface area contributed by atoms with Gasteiger partial charge in [0.1, 0.15) is 5.82 Å². The minimum atomic E-state index is -0.637. The second kappa shape index (κ2) is 7.49. The van der Waals surface area contributed by atoms with E-state index in [1.807, 2.05) is 12.1 Å². The van der Waals surface area contributed by atoms with Crippen molar-refractivity contribution >= 4 is 11.8 Å². The lowest BCUT2D eigenvalue weighted by Gasteiger charge is -2.61. The number of hydrogen-bond donors (Lipinski definition) is 2. The van der Waals surface area contributed by atoms with Crippen LogP contribution in [-0.2, 0) is 0 Å². The summed E-state index contributed by atoms with van der Waals surface area (Å²) in [5, 5.41) is 22.1. The van der Waals surface area contributed by atoms with Gasteiger partial charge in [-0.3, -0.25) is 0 Å². The molecule has 0 saturated heterocycles. The van der Waals surface area contributed by atoms with E-state index in [1.54, 1.807) is 11.8 Å². The third-order valence-corrected chi connectivity index (χ3v) is 11.5. The Kier molecular flexibility index (Phi) is 5.31. The molecular weight excluding hydrogens is 395 g/mol. The molecule has 4 fully saturated rings.